The zero-order valence-electron chi connectivity index (χ0n) is 40.1. The number of allylic oxidation sites excluding steroid dienone is 4. The highest BCUT2D eigenvalue weighted by molar-refractivity contribution is 5.70. The number of quaternary nitrogens is 1. The first-order valence-electron chi connectivity index (χ1n) is 25.4. The van der Waals surface area contributed by atoms with Gasteiger partial charge in [0.25, 0.3) is 0 Å². The second-order valence-corrected chi connectivity index (χ2v) is 18.4. The lowest BCUT2D eigenvalue weighted by molar-refractivity contribution is -0.889. The van der Waals surface area contributed by atoms with Crippen LogP contribution < -0.4 is 5.11 Å². The van der Waals surface area contributed by atoms with E-state index in [4.69, 9.17) is 14.2 Å². The number of carboxylic acid groups (broad SMARTS) is 1. The van der Waals surface area contributed by atoms with E-state index >= 15 is 0 Å². The molecule has 60 heavy (non-hydrogen) atoms. The van der Waals surface area contributed by atoms with Crippen LogP contribution in [0.25, 0.3) is 0 Å². The van der Waals surface area contributed by atoms with E-state index in [2.05, 4.69) is 38.2 Å². The van der Waals surface area contributed by atoms with Crippen molar-refractivity contribution in [2.45, 2.75) is 251 Å². The number of carbonyl (C=O) groups is 3. The Bertz CT molecular complexity index is 1040. The van der Waals surface area contributed by atoms with E-state index in [1.807, 2.05) is 0 Å². The van der Waals surface area contributed by atoms with E-state index in [0.717, 1.165) is 57.8 Å². The smallest absolute Gasteiger partial charge is 0.306 e. The molecule has 8 heteroatoms. The van der Waals surface area contributed by atoms with E-state index < -0.39 is 18.1 Å². The normalized spacial score (nSPS) is 13.0. The molecule has 2 atom stereocenters. The Balaban J connectivity index is 4.16. The molecule has 0 rings (SSSR count). The number of ether oxygens (including phenoxy) is 3. The summed E-state index contributed by atoms with van der Waals surface area (Å²) >= 11 is 0. The van der Waals surface area contributed by atoms with Gasteiger partial charge in [-0.3, -0.25) is 9.59 Å². The number of rotatable bonds is 46. The Morgan fingerprint density at radius 2 is 0.933 bits per heavy atom. The molecular weight excluding hydrogens is 751 g/mol. The van der Waals surface area contributed by atoms with Crippen molar-refractivity contribution in [3.63, 3.8) is 0 Å². The molecule has 0 spiro atoms. The van der Waals surface area contributed by atoms with Crippen molar-refractivity contribution in [3.05, 3.63) is 24.3 Å². The summed E-state index contributed by atoms with van der Waals surface area (Å²) in [7, 11) is 5.42. The van der Waals surface area contributed by atoms with Crippen molar-refractivity contribution in [2.24, 2.45) is 0 Å². The summed E-state index contributed by atoms with van der Waals surface area (Å²) in [6.07, 6.45) is 49.3. The minimum atomic E-state index is -1.12. The minimum Gasteiger partial charge on any atom is -0.544 e. The topological polar surface area (TPSA) is 102 Å². The highest BCUT2D eigenvalue weighted by Gasteiger charge is 2.25. The van der Waals surface area contributed by atoms with E-state index in [1.54, 1.807) is 21.1 Å². The molecular formula is C52H97NO7. The number of unbranched alkanes of at least 4 members (excludes halogenated alkanes) is 28. The fraction of sp³-hybridized carbons (Fsp3) is 0.865. The van der Waals surface area contributed by atoms with Gasteiger partial charge < -0.3 is 28.6 Å². The number of esters is 2. The van der Waals surface area contributed by atoms with Crippen LogP contribution in [0.1, 0.15) is 239 Å². The standard InChI is InChI=1S/C52H97NO7/c1-6-8-10-12-14-16-18-20-22-23-24-25-26-27-28-29-31-32-34-36-38-40-42-50(54)59-47-48(46-58-45-44-49(52(56)57)53(3,4)5)60-51(55)43-41-39-37-35-33-30-21-19-17-15-13-11-9-7-2/h9,11,15,17,48-49H,6-8,10,12-14,16,18-47H2,1-5H3/b11-9+,17-15+. The van der Waals surface area contributed by atoms with Gasteiger partial charge in [0, 0.05) is 19.3 Å². The van der Waals surface area contributed by atoms with Gasteiger partial charge in [0.2, 0.25) is 0 Å². The van der Waals surface area contributed by atoms with Gasteiger partial charge in [-0.15, -0.1) is 0 Å². The second-order valence-electron chi connectivity index (χ2n) is 18.4. The molecule has 352 valence electrons. The second kappa shape index (κ2) is 43.5. The molecule has 2 unspecified atom stereocenters. The molecule has 0 aromatic heterocycles. The molecule has 0 amide bonds. The SMILES string of the molecule is CC/C=C/C/C=C/CCCCCCCCCC(=O)OC(COCCC(C(=O)[O-])[N+](C)(C)C)COC(=O)CCCCCCCCCCCCCCCCCCCCCCCC. The summed E-state index contributed by atoms with van der Waals surface area (Å²) < 4.78 is 17.2. The molecule has 0 aromatic carbocycles. The van der Waals surface area contributed by atoms with Gasteiger partial charge in [-0.05, 0) is 38.5 Å². The Morgan fingerprint density at radius 3 is 1.37 bits per heavy atom. The highest BCUT2D eigenvalue weighted by Crippen LogP contribution is 2.17. The van der Waals surface area contributed by atoms with Crippen LogP contribution in [0, 0.1) is 0 Å². The number of hydrogen-bond donors (Lipinski definition) is 0. The number of likely N-dealkylation sites (N-methyl/N-ethyl adjacent to an activating group) is 1. The highest BCUT2D eigenvalue weighted by atomic mass is 16.6. The molecule has 0 saturated heterocycles. The molecule has 0 radical (unpaired) electrons. The van der Waals surface area contributed by atoms with Gasteiger partial charge in [0.15, 0.2) is 6.10 Å². The predicted molar refractivity (Wildman–Crippen MR) is 250 cm³/mol. The van der Waals surface area contributed by atoms with Crippen molar-refractivity contribution in [1.29, 1.82) is 0 Å². The molecule has 0 aliphatic carbocycles. The molecule has 0 aliphatic heterocycles. The first-order chi connectivity index (χ1) is 29.1. The first-order valence-corrected chi connectivity index (χ1v) is 25.4. The Kier molecular flexibility index (Phi) is 41.9. The van der Waals surface area contributed by atoms with Crippen LogP contribution >= 0.6 is 0 Å². The summed E-state index contributed by atoms with van der Waals surface area (Å²) in [4.78, 5) is 37.0. The maximum absolute atomic E-state index is 12.7. The molecule has 0 aromatic rings. The van der Waals surface area contributed by atoms with E-state index in [1.165, 1.54) is 148 Å². The average molecular weight is 848 g/mol. The number of carboxylic acids is 1. The van der Waals surface area contributed by atoms with Gasteiger partial charge >= 0.3 is 11.9 Å². The average Bonchev–Trinajstić information content (AvgIpc) is 3.21. The van der Waals surface area contributed by atoms with Crippen LogP contribution in [0.4, 0.5) is 0 Å². The van der Waals surface area contributed by atoms with Crippen molar-refractivity contribution < 1.29 is 38.2 Å². The van der Waals surface area contributed by atoms with Gasteiger partial charge in [-0.25, -0.2) is 0 Å². The zero-order chi connectivity index (χ0) is 44.2. The molecule has 0 heterocycles. The lowest BCUT2D eigenvalue weighted by atomic mass is 10.0. The van der Waals surface area contributed by atoms with E-state index in [9.17, 15) is 19.5 Å². The lowest BCUT2D eigenvalue weighted by Gasteiger charge is -2.34. The summed E-state index contributed by atoms with van der Waals surface area (Å²) in [6, 6.07) is -0.725. The van der Waals surface area contributed by atoms with Crippen molar-refractivity contribution in [1.82, 2.24) is 0 Å². The quantitative estimate of drug-likeness (QED) is 0.0260. The lowest BCUT2D eigenvalue weighted by Crippen LogP contribution is -2.55. The third kappa shape index (κ3) is 41.2. The van der Waals surface area contributed by atoms with Crippen molar-refractivity contribution in [2.75, 3.05) is 41.0 Å². The fourth-order valence-corrected chi connectivity index (χ4v) is 7.70. The monoisotopic (exact) mass is 848 g/mol. The Labute approximate surface area is 371 Å². The molecule has 0 fully saturated rings. The summed E-state index contributed by atoms with van der Waals surface area (Å²) in [5, 5.41) is 11.6. The van der Waals surface area contributed by atoms with E-state index in [-0.39, 0.29) is 42.7 Å². The predicted octanol–water partition coefficient (Wildman–Crippen LogP) is 13.1. The Morgan fingerprint density at radius 1 is 0.517 bits per heavy atom. The number of hydrogen-bond acceptors (Lipinski definition) is 7. The maximum Gasteiger partial charge on any atom is 0.306 e. The summed E-state index contributed by atoms with van der Waals surface area (Å²) in [5.41, 5.74) is 0. The third-order valence-electron chi connectivity index (χ3n) is 11.6. The number of carbonyl (C=O) groups excluding carboxylic acids is 3. The van der Waals surface area contributed by atoms with Crippen LogP contribution in [0.5, 0.6) is 0 Å². The molecule has 0 N–H and O–H groups in total. The van der Waals surface area contributed by atoms with Crippen LogP contribution in [-0.4, -0.2) is 75.5 Å². The largest absolute Gasteiger partial charge is 0.544 e. The van der Waals surface area contributed by atoms with Crippen LogP contribution in [-0.2, 0) is 28.6 Å². The van der Waals surface area contributed by atoms with Gasteiger partial charge in [-0.1, -0.05) is 205 Å². The molecule has 8 nitrogen and oxygen atoms in total. The van der Waals surface area contributed by atoms with Gasteiger partial charge in [0.1, 0.15) is 12.6 Å². The van der Waals surface area contributed by atoms with Crippen LogP contribution in [0.15, 0.2) is 24.3 Å². The van der Waals surface area contributed by atoms with Crippen LogP contribution in [0.3, 0.4) is 0 Å². The number of aliphatic carboxylic acids is 1. The van der Waals surface area contributed by atoms with Crippen molar-refractivity contribution in [3.8, 4) is 0 Å². The Hall–Kier alpha value is -2.19. The van der Waals surface area contributed by atoms with Gasteiger partial charge in [-0.2, -0.15) is 0 Å². The van der Waals surface area contributed by atoms with Gasteiger partial charge in [0.05, 0.1) is 40.3 Å². The number of nitrogens with zero attached hydrogens (tertiary/aromatic N) is 1. The summed E-state index contributed by atoms with van der Waals surface area (Å²) in [6.45, 7) is 4.59. The zero-order valence-corrected chi connectivity index (χ0v) is 40.1. The first kappa shape index (κ1) is 57.8. The molecule has 0 saturated carbocycles. The summed E-state index contributed by atoms with van der Waals surface area (Å²) in [5.74, 6) is -1.73. The third-order valence-corrected chi connectivity index (χ3v) is 11.6. The van der Waals surface area contributed by atoms with E-state index in [0.29, 0.717) is 12.8 Å². The molecule has 0 aliphatic rings. The molecule has 0 bridgehead atoms. The van der Waals surface area contributed by atoms with Crippen LogP contribution in [0.2, 0.25) is 0 Å². The maximum atomic E-state index is 12.7. The minimum absolute atomic E-state index is 0.0416. The van der Waals surface area contributed by atoms with Crippen molar-refractivity contribution >= 4 is 17.9 Å². The fourth-order valence-electron chi connectivity index (χ4n) is 7.70.